The minimum absolute atomic E-state index is 0.0326. The van der Waals surface area contributed by atoms with Crippen molar-refractivity contribution in [3.05, 3.63) is 82.8 Å². The second-order valence-corrected chi connectivity index (χ2v) is 16.8. The molecule has 0 saturated carbocycles. The molecular formula is C42H42Cl2F6N4O6. The van der Waals surface area contributed by atoms with Crippen molar-refractivity contribution in [1.82, 2.24) is 9.97 Å². The molecule has 60 heavy (non-hydrogen) atoms. The molecule has 4 N–H and O–H groups in total. The fraction of sp³-hybridized carbons (Fsp3) is 0.333. The van der Waals surface area contributed by atoms with Crippen LogP contribution in [0.3, 0.4) is 0 Å². The van der Waals surface area contributed by atoms with Crippen LogP contribution >= 0.6 is 23.2 Å². The van der Waals surface area contributed by atoms with Crippen molar-refractivity contribution in [1.29, 1.82) is 0 Å². The Kier molecular flexibility index (Phi) is 14.5. The van der Waals surface area contributed by atoms with E-state index in [1.165, 1.54) is 0 Å². The average Bonchev–Trinajstić information content (AvgIpc) is 3.12. The lowest BCUT2D eigenvalue weighted by Crippen LogP contribution is -2.25. The summed E-state index contributed by atoms with van der Waals surface area (Å²) in [7, 11) is 0. The first-order valence-corrected chi connectivity index (χ1v) is 18.8. The Balaban J connectivity index is 0.000000488. The van der Waals surface area contributed by atoms with Gasteiger partial charge in [0.15, 0.2) is 0 Å². The van der Waals surface area contributed by atoms with Gasteiger partial charge in [0.25, 0.3) is 0 Å². The highest BCUT2D eigenvalue weighted by Gasteiger charge is 2.39. The molecule has 0 aliphatic rings. The molecule has 4 aromatic carbocycles. The number of carbonyl (C=O) groups is 2. The standard InChI is InChI=1S/C38H40Cl2N4O2.2C2HF3O2/c1-22(41-35-27-12-8-23(39)16-33(27)43-31-14-10-25(18-29(31)35)45-20-37(2,3)4)42-36-28-13-9-24(40)17-34(28)44-32-15-11-26(19-30(32)36)46-21-38(5,6)7;2*3-2(4,5)1(6)7/h8-19,22H,20-21H2,1-7H3,(H,41,43)(H,42,44);2*(H,6,7). The van der Waals surface area contributed by atoms with E-state index in [4.69, 9.17) is 62.4 Å². The second kappa shape index (κ2) is 18.4. The highest BCUT2D eigenvalue weighted by atomic mass is 35.5. The lowest BCUT2D eigenvalue weighted by Gasteiger charge is -2.24. The summed E-state index contributed by atoms with van der Waals surface area (Å²) in [6.45, 7) is 16.3. The molecule has 0 atom stereocenters. The lowest BCUT2D eigenvalue weighted by atomic mass is 9.98. The van der Waals surface area contributed by atoms with E-state index in [9.17, 15) is 26.3 Å². The molecule has 6 aromatic rings. The molecule has 2 aromatic heterocycles. The molecule has 6 rings (SSSR count). The number of pyridine rings is 2. The molecule has 0 fully saturated rings. The SMILES string of the molecule is CC(Nc1c2ccc(Cl)cc2nc2ccc(OCC(C)(C)C)cc12)Nc1c2ccc(Cl)cc2nc2ccc(OCC(C)(C)C)cc12.O=C(O)C(F)(F)F.O=C(O)C(F)(F)F. The third-order valence-electron chi connectivity index (χ3n) is 7.97. The lowest BCUT2D eigenvalue weighted by molar-refractivity contribution is -0.193. The molecule has 2 heterocycles. The van der Waals surface area contributed by atoms with E-state index in [1.54, 1.807) is 0 Å². The smallest absolute Gasteiger partial charge is 0.490 e. The molecule has 0 spiro atoms. The maximum Gasteiger partial charge on any atom is 0.490 e. The first kappa shape index (κ1) is 47.2. The number of rotatable bonds is 8. The zero-order valence-electron chi connectivity index (χ0n) is 33.4. The highest BCUT2D eigenvalue weighted by Crippen LogP contribution is 2.38. The van der Waals surface area contributed by atoms with Crippen LogP contribution in [0.4, 0.5) is 37.7 Å². The summed E-state index contributed by atoms with van der Waals surface area (Å²) in [5, 5.41) is 26.9. The van der Waals surface area contributed by atoms with Crippen molar-refractivity contribution in [2.24, 2.45) is 10.8 Å². The van der Waals surface area contributed by atoms with Gasteiger partial charge in [0.1, 0.15) is 11.5 Å². The van der Waals surface area contributed by atoms with Crippen LogP contribution < -0.4 is 20.1 Å². The molecule has 0 amide bonds. The number of carboxylic acids is 2. The van der Waals surface area contributed by atoms with Crippen LogP contribution in [0.25, 0.3) is 43.6 Å². The van der Waals surface area contributed by atoms with Gasteiger partial charge in [-0.15, -0.1) is 0 Å². The monoisotopic (exact) mass is 882 g/mol. The van der Waals surface area contributed by atoms with Crippen molar-refractivity contribution in [2.45, 2.75) is 67.0 Å². The zero-order valence-corrected chi connectivity index (χ0v) is 34.9. The molecule has 322 valence electrons. The number of halogens is 8. The minimum atomic E-state index is -5.08. The summed E-state index contributed by atoms with van der Waals surface area (Å²) < 4.78 is 75.9. The molecule has 0 unspecified atom stereocenters. The highest BCUT2D eigenvalue weighted by molar-refractivity contribution is 6.32. The fourth-order valence-corrected chi connectivity index (χ4v) is 5.68. The van der Waals surface area contributed by atoms with E-state index >= 15 is 0 Å². The molecule has 0 aliphatic carbocycles. The van der Waals surface area contributed by atoms with Crippen molar-refractivity contribution in [3.63, 3.8) is 0 Å². The third-order valence-corrected chi connectivity index (χ3v) is 8.44. The molecular weight excluding hydrogens is 841 g/mol. The fourth-order valence-electron chi connectivity index (χ4n) is 5.35. The van der Waals surface area contributed by atoms with Crippen LogP contribution in [0.1, 0.15) is 48.5 Å². The van der Waals surface area contributed by atoms with Crippen molar-refractivity contribution in [2.75, 3.05) is 23.8 Å². The van der Waals surface area contributed by atoms with Crippen LogP contribution in [0.15, 0.2) is 72.8 Å². The van der Waals surface area contributed by atoms with Crippen molar-refractivity contribution >= 4 is 90.1 Å². The number of nitrogens with one attached hydrogen (secondary N) is 2. The number of hydrogen-bond donors (Lipinski definition) is 4. The van der Waals surface area contributed by atoms with Crippen molar-refractivity contribution in [3.8, 4) is 11.5 Å². The van der Waals surface area contributed by atoms with Crippen LogP contribution in [-0.4, -0.2) is 63.9 Å². The van der Waals surface area contributed by atoms with E-state index in [0.717, 1.165) is 66.5 Å². The van der Waals surface area contributed by atoms with E-state index in [-0.39, 0.29) is 17.0 Å². The number of alkyl halides is 6. The van der Waals surface area contributed by atoms with Gasteiger partial charge < -0.3 is 30.3 Å². The van der Waals surface area contributed by atoms with E-state index in [1.807, 2.05) is 60.7 Å². The Hall–Kier alpha value is -5.48. The Morgan fingerprint density at radius 1 is 0.583 bits per heavy atom. The maximum absolute atomic E-state index is 10.6. The number of benzene rings is 4. The molecule has 10 nitrogen and oxygen atoms in total. The van der Waals surface area contributed by atoms with Gasteiger partial charge in [-0.25, -0.2) is 19.6 Å². The van der Waals surface area contributed by atoms with Gasteiger partial charge in [-0.1, -0.05) is 64.7 Å². The van der Waals surface area contributed by atoms with E-state index < -0.39 is 24.3 Å². The van der Waals surface area contributed by atoms with Crippen LogP contribution in [0, 0.1) is 10.8 Å². The second-order valence-electron chi connectivity index (χ2n) is 16.0. The molecule has 0 radical (unpaired) electrons. The number of carboxylic acid groups (broad SMARTS) is 2. The summed E-state index contributed by atoms with van der Waals surface area (Å²) in [5.41, 5.74) is 5.28. The number of aliphatic carboxylic acids is 2. The Bertz CT molecular complexity index is 2350. The molecule has 0 aliphatic heterocycles. The van der Waals surface area contributed by atoms with Crippen molar-refractivity contribution < 1.29 is 55.6 Å². The molecule has 18 heteroatoms. The van der Waals surface area contributed by atoms with Crippen LogP contribution in [0.2, 0.25) is 10.0 Å². The number of aromatic nitrogens is 2. The van der Waals surface area contributed by atoms with Gasteiger partial charge in [0.05, 0.1) is 52.8 Å². The topological polar surface area (TPSA) is 143 Å². The minimum Gasteiger partial charge on any atom is -0.493 e. The van der Waals surface area contributed by atoms with Gasteiger partial charge in [0, 0.05) is 31.6 Å². The van der Waals surface area contributed by atoms with Gasteiger partial charge in [-0.05, 0) is 90.6 Å². The summed E-state index contributed by atoms with van der Waals surface area (Å²) in [4.78, 5) is 27.7. The number of nitrogens with zero attached hydrogens (tertiary/aromatic N) is 2. The normalized spacial score (nSPS) is 12.1. The number of anilines is 2. The summed E-state index contributed by atoms with van der Waals surface area (Å²) in [5.74, 6) is -3.92. The van der Waals surface area contributed by atoms with Crippen LogP contribution in [-0.2, 0) is 9.59 Å². The predicted octanol–water partition coefficient (Wildman–Crippen LogP) is 12.4. The molecule has 0 bridgehead atoms. The Morgan fingerprint density at radius 3 is 1.22 bits per heavy atom. The maximum atomic E-state index is 10.6. The largest absolute Gasteiger partial charge is 0.493 e. The first-order chi connectivity index (χ1) is 27.6. The first-order valence-electron chi connectivity index (χ1n) is 18.1. The number of hydrogen-bond acceptors (Lipinski definition) is 8. The third kappa shape index (κ3) is 13.3. The van der Waals surface area contributed by atoms with Gasteiger partial charge in [-0.3, -0.25) is 0 Å². The average molecular weight is 884 g/mol. The number of fused-ring (bicyclic) bond motifs is 4. The summed E-state index contributed by atoms with van der Waals surface area (Å²) in [6, 6.07) is 23.7. The summed E-state index contributed by atoms with van der Waals surface area (Å²) in [6.07, 6.45) is -10.4. The van der Waals surface area contributed by atoms with Crippen LogP contribution in [0.5, 0.6) is 11.5 Å². The Morgan fingerprint density at radius 2 is 0.917 bits per heavy atom. The Labute approximate surface area is 350 Å². The van der Waals surface area contributed by atoms with Gasteiger partial charge >= 0.3 is 24.3 Å². The van der Waals surface area contributed by atoms with Gasteiger partial charge in [0.2, 0.25) is 0 Å². The predicted molar refractivity (Wildman–Crippen MR) is 223 cm³/mol. The summed E-state index contributed by atoms with van der Waals surface area (Å²) >= 11 is 12.8. The van der Waals surface area contributed by atoms with Gasteiger partial charge in [-0.2, -0.15) is 26.3 Å². The number of ether oxygens (including phenoxy) is 2. The van der Waals surface area contributed by atoms with E-state index in [2.05, 4.69) is 71.2 Å². The molecule has 0 saturated heterocycles. The quantitative estimate of drug-likeness (QED) is 0.0663. The van der Waals surface area contributed by atoms with E-state index in [0.29, 0.717) is 23.3 Å². The zero-order chi connectivity index (χ0) is 45.0.